The van der Waals surface area contributed by atoms with E-state index < -0.39 is 0 Å². The van der Waals surface area contributed by atoms with Crippen molar-refractivity contribution in [2.45, 2.75) is 12.8 Å². The lowest BCUT2D eigenvalue weighted by atomic mass is 10.3. The molecule has 3 heteroatoms. The number of hydrogen-bond acceptors (Lipinski definition) is 1. The van der Waals surface area contributed by atoms with E-state index in [0.717, 1.165) is 12.8 Å². The maximum Gasteiger partial charge on any atom is 0.128 e. The Labute approximate surface area is 73.4 Å². The summed E-state index contributed by atoms with van der Waals surface area (Å²) >= 11 is 7.65. The summed E-state index contributed by atoms with van der Waals surface area (Å²) in [4.78, 5) is 0. The first-order chi connectivity index (χ1) is 4.65. The summed E-state index contributed by atoms with van der Waals surface area (Å²) in [5.74, 6) is 0. The van der Waals surface area contributed by atoms with Gasteiger partial charge < -0.3 is 5.73 Å². The SMILES string of the molecule is C=CCCC=C.NC(=S)S. The van der Waals surface area contributed by atoms with Gasteiger partial charge in [-0.2, -0.15) is 0 Å². The lowest BCUT2D eigenvalue weighted by Crippen LogP contribution is -1.94. The van der Waals surface area contributed by atoms with E-state index in [1.165, 1.54) is 0 Å². The summed E-state index contributed by atoms with van der Waals surface area (Å²) in [6.45, 7) is 7.10. The van der Waals surface area contributed by atoms with Gasteiger partial charge in [-0.3, -0.25) is 0 Å². The largest absolute Gasteiger partial charge is 0.385 e. The molecule has 0 radical (unpaired) electrons. The molecule has 0 saturated heterocycles. The van der Waals surface area contributed by atoms with Gasteiger partial charge in [0.1, 0.15) is 4.32 Å². The topological polar surface area (TPSA) is 26.0 Å². The van der Waals surface area contributed by atoms with Crippen LogP contribution in [-0.2, 0) is 0 Å². The summed E-state index contributed by atoms with van der Waals surface area (Å²) in [7, 11) is 0. The molecule has 0 bridgehead atoms. The predicted molar refractivity (Wildman–Crippen MR) is 55.4 cm³/mol. The molecule has 0 aliphatic heterocycles. The van der Waals surface area contributed by atoms with Gasteiger partial charge in [0.25, 0.3) is 0 Å². The van der Waals surface area contributed by atoms with Crippen LogP contribution in [0.5, 0.6) is 0 Å². The molecule has 0 saturated carbocycles. The van der Waals surface area contributed by atoms with E-state index in [4.69, 9.17) is 5.73 Å². The van der Waals surface area contributed by atoms with Crippen LogP contribution < -0.4 is 5.73 Å². The van der Waals surface area contributed by atoms with E-state index in [1.54, 1.807) is 0 Å². The molecule has 0 heterocycles. The van der Waals surface area contributed by atoms with Crippen LogP contribution >= 0.6 is 24.8 Å². The van der Waals surface area contributed by atoms with Crippen molar-refractivity contribution in [1.29, 1.82) is 0 Å². The van der Waals surface area contributed by atoms with Crippen LogP contribution in [0.2, 0.25) is 0 Å². The van der Waals surface area contributed by atoms with Gasteiger partial charge in [-0.05, 0) is 12.8 Å². The van der Waals surface area contributed by atoms with E-state index in [-0.39, 0.29) is 4.32 Å². The smallest absolute Gasteiger partial charge is 0.128 e. The Morgan fingerprint density at radius 2 is 1.60 bits per heavy atom. The third kappa shape index (κ3) is 47.1. The normalized spacial score (nSPS) is 6.90. The maximum atomic E-state index is 4.71. The van der Waals surface area contributed by atoms with Crippen molar-refractivity contribution >= 4 is 29.2 Å². The van der Waals surface area contributed by atoms with Crippen molar-refractivity contribution in [2.24, 2.45) is 5.73 Å². The van der Waals surface area contributed by atoms with Crippen molar-refractivity contribution in [3.8, 4) is 0 Å². The second-order valence-corrected chi connectivity index (χ2v) is 2.72. The number of thiol groups is 1. The van der Waals surface area contributed by atoms with Crippen molar-refractivity contribution in [1.82, 2.24) is 0 Å². The lowest BCUT2D eigenvalue weighted by Gasteiger charge is -1.76. The monoisotopic (exact) mass is 175 g/mol. The number of nitrogens with two attached hydrogens (primary N) is 1. The van der Waals surface area contributed by atoms with Gasteiger partial charge in [-0.15, -0.1) is 25.8 Å². The van der Waals surface area contributed by atoms with Gasteiger partial charge in [0.2, 0.25) is 0 Å². The zero-order valence-corrected chi connectivity index (χ0v) is 7.63. The van der Waals surface area contributed by atoms with E-state index in [1.807, 2.05) is 12.2 Å². The highest BCUT2D eigenvalue weighted by Gasteiger charge is 1.66. The molecule has 0 amide bonds. The molecule has 0 aromatic rings. The molecule has 58 valence electrons. The van der Waals surface area contributed by atoms with Crippen molar-refractivity contribution in [3.63, 3.8) is 0 Å². The van der Waals surface area contributed by atoms with E-state index >= 15 is 0 Å². The van der Waals surface area contributed by atoms with Gasteiger partial charge >= 0.3 is 0 Å². The molecular weight excluding hydrogens is 162 g/mol. The fraction of sp³-hybridized carbons (Fsp3) is 0.286. The summed E-state index contributed by atoms with van der Waals surface area (Å²) in [5, 5.41) is 0. The second-order valence-electron chi connectivity index (χ2n) is 1.49. The number of rotatable bonds is 3. The van der Waals surface area contributed by atoms with Crippen molar-refractivity contribution in [2.75, 3.05) is 0 Å². The molecule has 0 fully saturated rings. The number of hydrogen-bond donors (Lipinski definition) is 2. The second kappa shape index (κ2) is 11.5. The molecule has 0 aromatic heterocycles. The molecular formula is C7H13NS2. The Morgan fingerprint density at radius 1 is 1.40 bits per heavy atom. The fourth-order valence-corrected chi connectivity index (χ4v) is 0.236. The molecule has 0 atom stereocenters. The molecule has 0 spiro atoms. The van der Waals surface area contributed by atoms with Gasteiger partial charge in [-0.1, -0.05) is 24.4 Å². The molecule has 2 N–H and O–H groups in total. The summed E-state index contributed by atoms with van der Waals surface area (Å²) in [6, 6.07) is 0. The summed E-state index contributed by atoms with van der Waals surface area (Å²) < 4.78 is 0.194. The number of thiocarbonyl (C=S) groups is 1. The number of unbranched alkanes of at least 4 members (excludes halogenated alkanes) is 1. The Kier molecular flexibility index (Phi) is 14.3. The Morgan fingerprint density at radius 3 is 1.70 bits per heavy atom. The highest BCUT2D eigenvalue weighted by atomic mass is 32.1. The van der Waals surface area contributed by atoms with E-state index in [2.05, 4.69) is 38.0 Å². The van der Waals surface area contributed by atoms with Crippen LogP contribution in [0.3, 0.4) is 0 Å². The van der Waals surface area contributed by atoms with Crippen LogP contribution in [0, 0.1) is 0 Å². The van der Waals surface area contributed by atoms with Crippen LogP contribution in [0.15, 0.2) is 25.3 Å². The first-order valence-electron chi connectivity index (χ1n) is 2.85. The molecule has 10 heavy (non-hydrogen) atoms. The Balaban J connectivity index is 0. The third-order valence-electron chi connectivity index (χ3n) is 0.575. The highest BCUT2D eigenvalue weighted by molar-refractivity contribution is 8.10. The fourth-order valence-electron chi connectivity index (χ4n) is 0.236. The standard InChI is InChI=1S/C6H10.CH3NS2/c1-3-5-6-4-2;2-1(3)4/h3-4H,1-2,5-6H2;(H3,2,3,4). The predicted octanol–water partition coefficient (Wildman–Crippen LogP) is 2.30. The van der Waals surface area contributed by atoms with Crippen molar-refractivity contribution < 1.29 is 0 Å². The zero-order valence-electron chi connectivity index (χ0n) is 5.92. The van der Waals surface area contributed by atoms with Gasteiger partial charge in [0.15, 0.2) is 0 Å². The minimum absolute atomic E-state index is 0.194. The zero-order chi connectivity index (χ0) is 8.41. The van der Waals surface area contributed by atoms with E-state index in [0.29, 0.717) is 0 Å². The minimum Gasteiger partial charge on any atom is -0.385 e. The van der Waals surface area contributed by atoms with Gasteiger partial charge in [0, 0.05) is 0 Å². The third-order valence-corrected chi connectivity index (χ3v) is 0.575. The average molecular weight is 175 g/mol. The summed E-state index contributed by atoms with van der Waals surface area (Å²) in [6.07, 6.45) is 5.90. The van der Waals surface area contributed by atoms with Gasteiger partial charge in [-0.25, -0.2) is 0 Å². The van der Waals surface area contributed by atoms with E-state index in [9.17, 15) is 0 Å². The first kappa shape index (κ1) is 12.4. The Hall–Kier alpha value is -0.280. The van der Waals surface area contributed by atoms with Crippen LogP contribution in [0.4, 0.5) is 0 Å². The molecule has 0 rings (SSSR count). The quantitative estimate of drug-likeness (QED) is 0.298. The summed E-state index contributed by atoms with van der Waals surface area (Å²) in [5.41, 5.74) is 4.71. The van der Waals surface area contributed by atoms with Crippen molar-refractivity contribution in [3.05, 3.63) is 25.3 Å². The Bertz CT molecular complexity index is 98.2. The maximum absolute atomic E-state index is 4.71. The minimum atomic E-state index is 0.194. The lowest BCUT2D eigenvalue weighted by molar-refractivity contribution is 1.06. The molecule has 0 aliphatic carbocycles. The van der Waals surface area contributed by atoms with Gasteiger partial charge in [0.05, 0.1) is 0 Å². The molecule has 0 unspecified atom stereocenters. The van der Waals surface area contributed by atoms with Crippen LogP contribution in [0.1, 0.15) is 12.8 Å². The molecule has 0 aliphatic rings. The van der Waals surface area contributed by atoms with Crippen LogP contribution in [-0.4, -0.2) is 4.32 Å². The highest BCUT2D eigenvalue weighted by Crippen LogP contribution is 1.86. The molecule has 1 nitrogen and oxygen atoms in total. The number of allylic oxidation sites excluding steroid dienone is 2. The van der Waals surface area contributed by atoms with Crippen LogP contribution in [0.25, 0.3) is 0 Å². The molecule has 0 aromatic carbocycles. The first-order valence-corrected chi connectivity index (χ1v) is 3.70. The average Bonchev–Trinajstić information content (AvgIpc) is 1.82.